The van der Waals surface area contributed by atoms with Gasteiger partial charge < -0.3 is 10.4 Å². The number of anilines is 1. The second-order valence-corrected chi connectivity index (χ2v) is 6.33. The van der Waals surface area contributed by atoms with Gasteiger partial charge in [0.25, 0.3) is 5.70 Å². The van der Waals surface area contributed by atoms with Crippen LogP contribution in [-0.2, 0) is 0 Å². The van der Waals surface area contributed by atoms with Gasteiger partial charge in [0.05, 0.1) is 5.69 Å². The molecule has 0 spiro atoms. The summed E-state index contributed by atoms with van der Waals surface area (Å²) in [5.41, 5.74) is 1.78. The molecule has 1 aromatic heterocycles. The van der Waals surface area contributed by atoms with Crippen molar-refractivity contribution in [2.75, 3.05) is 5.32 Å². The van der Waals surface area contributed by atoms with Crippen molar-refractivity contribution in [3.63, 3.8) is 0 Å². The summed E-state index contributed by atoms with van der Waals surface area (Å²) in [4.78, 5) is 0.123. The number of benzene rings is 2. The van der Waals surface area contributed by atoms with E-state index < -0.39 is 11.6 Å². The predicted molar refractivity (Wildman–Crippen MR) is 106 cm³/mol. The second-order valence-electron chi connectivity index (χ2n) is 5.93. The molecule has 2 aromatic carbocycles. The van der Waals surface area contributed by atoms with Gasteiger partial charge in [0.15, 0.2) is 23.1 Å². The van der Waals surface area contributed by atoms with E-state index in [-0.39, 0.29) is 22.1 Å². The van der Waals surface area contributed by atoms with Crippen molar-refractivity contribution in [2.24, 2.45) is 0 Å². The molecule has 0 saturated heterocycles. The van der Waals surface area contributed by atoms with Crippen LogP contribution in [0.4, 0.5) is 14.5 Å². The molecule has 1 heterocycles. The molecule has 0 radical (unpaired) electrons. The fourth-order valence-corrected chi connectivity index (χ4v) is 2.88. The standard InChI is InChI=1S/C21H16F2N2OS/c1-14-5-4-12-25(13-14)19(20(26)15-8-10-16(22)11-9-15)21(27)24-18-7-3-2-6-17(18)23/h2-13H,1H3,(H-,24,26,27)/p+1. The molecule has 3 rings (SSSR count). The number of aromatic nitrogens is 1. The van der Waals surface area contributed by atoms with E-state index in [1.165, 1.54) is 30.3 Å². The number of aliphatic hydroxyl groups excluding tert-OH is 1. The molecule has 27 heavy (non-hydrogen) atoms. The number of nitrogens with zero attached hydrogens (tertiary/aromatic N) is 1. The van der Waals surface area contributed by atoms with E-state index in [0.717, 1.165) is 5.56 Å². The monoisotopic (exact) mass is 383 g/mol. The lowest BCUT2D eigenvalue weighted by atomic mass is 10.1. The van der Waals surface area contributed by atoms with Crippen LogP contribution in [0.1, 0.15) is 11.1 Å². The van der Waals surface area contributed by atoms with E-state index in [1.54, 1.807) is 41.2 Å². The van der Waals surface area contributed by atoms with Crippen molar-refractivity contribution in [3.8, 4) is 0 Å². The van der Waals surface area contributed by atoms with Crippen molar-refractivity contribution in [1.82, 2.24) is 0 Å². The van der Waals surface area contributed by atoms with Crippen LogP contribution in [-0.4, -0.2) is 10.1 Å². The highest BCUT2D eigenvalue weighted by Crippen LogP contribution is 2.20. The highest BCUT2D eigenvalue weighted by Gasteiger charge is 2.24. The van der Waals surface area contributed by atoms with Crippen molar-refractivity contribution < 1.29 is 18.5 Å². The van der Waals surface area contributed by atoms with Crippen LogP contribution in [0.25, 0.3) is 11.5 Å². The number of rotatable bonds is 4. The Morgan fingerprint density at radius 3 is 2.37 bits per heavy atom. The van der Waals surface area contributed by atoms with Crippen LogP contribution in [0.3, 0.4) is 0 Å². The Labute approximate surface area is 161 Å². The Balaban J connectivity index is 2.10. The number of hydrogen-bond donors (Lipinski definition) is 2. The highest BCUT2D eigenvalue weighted by molar-refractivity contribution is 7.81. The lowest BCUT2D eigenvalue weighted by Gasteiger charge is -2.11. The van der Waals surface area contributed by atoms with Crippen molar-refractivity contribution in [2.45, 2.75) is 6.92 Å². The molecule has 0 atom stereocenters. The molecular weight excluding hydrogens is 366 g/mol. The number of aryl methyl sites for hydroxylation is 1. The topological polar surface area (TPSA) is 36.1 Å². The molecule has 6 heteroatoms. The summed E-state index contributed by atoms with van der Waals surface area (Å²) >= 11 is 5.45. The quantitative estimate of drug-likeness (QED) is 0.292. The summed E-state index contributed by atoms with van der Waals surface area (Å²) in [5, 5.41) is 13.7. The van der Waals surface area contributed by atoms with Gasteiger partial charge >= 0.3 is 0 Å². The van der Waals surface area contributed by atoms with Crippen LogP contribution < -0.4 is 9.88 Å². The average molecular weight is 383 g/mol. The molecule has 0 amide bonds. The van der Waals surface area contributed by atoms with Gasteiger partial charge in [0.1, 0.15) is 11.6 Å². The number of halogens is 2. The maximum atomic E-state index is 14.0. The molecule has 0 aliphatic heterocycles. The first-order valence-corrected chi connectivity index (χ1v) is 8.60. The van der Waals surface area contributed by atoms with Gasteiger partial charge in [-0.1, -0.05) is 24.4 Å². The number of aliphatic hydroxyl groups is 1. The van der Waals surface area contributed by atoms with E-state index in [2.05, 4.69) is 5.32 Å². The van der Waals surface area contributed by atoms with Crippen molar-refractivity contribution >= 4 is 34.3 Å². The van der Waals surface area contributed by atoms with Gasteiger partial charge in [-0.05, 0) is 49.4 Å². The van der Waals surface area contributed by atoms with Crippen LogP contribution in [0, 0.1) is 18.6 Å². The van der Waals surface area contributed by atoms with Gasteiger partial charge in [-0.3, -0.25) is 0 Å². The molecule has 3 aromatic rings. The van der Waals surface area contributed by atoms with Crippen LogP contribution in [0.5, 0.6) is 0 Å². The Hall–Kier alpha value is -3.12. The minimum atomic E-state index is -0.463. The zero-order chi connectivity index (χ0) is 19.4. The normalized spacial score (nSPS) is 11.7. The Kier molecular flexibility index (Phi) is 5.57. The first-order valence-electron chi connectivity index (χ1n) is 8.19. The summed E-state index contributed by atoms with van der Waals surface area (Å²) in [6.07, 6.45) is 3.50. The largest absolute Gasteiger partial charge is 0.502 e. The van der Waals surface area contributed by atoms with Gasteiger partial charge in [-0.25, -0.2) is 8.78 Å². The zero-order valence-corrected chi connectivity index (χ0v) is 15.3. The Morgan fingerprint density at radius 1 is 1.00 bits per heavy atom. The molecule has 0 saturated carbocycles. The summed E-state index contributed by atoms with van der Waals surface area (Å²) in [7, 11) is 0. The van der Waals surface area contributed by atoms with Crippen LogP contribution >= 0.6 is 12.2 Å². The SMILES string of the molecule is Cc1ccc[n+](C(C(=S)Nc2ccccc2F)=C(O)c2ccc(F)cc2)c1. The van der Waals surface area contributed by atoms with Gasteiger partial charge in [-0.15, -0.1) is 0 Å². The van der Waals surface area contributed by atoms with Crippen LogP contribution in [0.15, 0.2) is 73.1 Å². The summed E-state index contributed by atoms with van der Waals surface area (Å²) in [6.45, 7) is 1.90. The maximum absolute atomic E-state index is 14.0. The van der Waals surface area contributed by atoms with Crippen molar-refractivity contribution in [3.05, 3.63) is 95.8 Å². The van der Waals surface area contributed by atoms with Crippen molar-refractivity contribution in [1.29, 1.82) is 0 Å². The third-order valence-electron chi connectivity index (χ3n) is 3.89. The first kappa shape index (κ1) is 18.7. The molecule has 0 aliphatic carbocycles. The van der Waals surface area contributed by atoms with Crippen LogP contribution in [0.2, 0.25) is 0 Å². The highest BCUT2D eigenvalue weighted by atomic mass is 32.1. The molecule has 136 valence electrons. The van der Waals surface area contributed by atoms with E-state index >= 15 is 0 Å². The summed E-state index contributed by atoms with van der Waals surface area (Å²) in [5.74, 6) is -1.03. The number of hydrogen-bond acceptors (Lipinski definition) is 2. The molecule has 0 bridgehead atoms. The molecular formula is C21H17F2N2OS+. The maximum Gasteiger partial charge on any atom is 0.288 e. The van der Waals surface area contributed by atoms with E-state index in [9.17, 15) is 13.9 Å². The molecule has 0 fully saturated rings. The Bertz CT molecular complexity index is 1020. The second kappa shape index (κ2) is 8.05. The first-order chi connectivity index (χ1) is 13.0. The molecule has 0 aliphatic rings. The van der Waals surface area contributed by atoms with Gasteiger partial charge in [-0.2, -0.15) is 4.57 Å². The lowest BCUT2D eigenvalue weighted by Crippen LogP contribution is -2.38. The van der Waals surface area contributed by atoms with Gasteiger partial charge in [0.2, 0.25) is 0 Å². The third kappa shape index (κ3) is 4.35. The average Bonchev–Trinajstić information content (AvgIpc) is 2.64. The zero-order valence-electron chi connectivity index (χ0n) is 14.5. The van der Waals surface area contributed by atoms with Gasteiger partial charge in [0, 0.05) is 17.2 Å². The smallest absolute Gasteiger partial charge is 0.288 e. The molecule has 0 unspecified atom stereocenters. The third-order valence-corrected chi connectivity index (χ3v) is 4.18. The van der Waals surface area contributed by atoms with E-state index in [0.29, 0.717) is 5.56 Å². The number of para-hydroxylation sites is 1. The number of pyridine rings is 1. The van der Waals surface area contributed by atoms with E-state index in [1.807, 2.05) is 13.0 Å². The fourth-order valence-electron chi connectivity index (χ4n) is 2.57. The number of nitrogens with one attached hydrogen (secondary N) is 1. The summed E-state index contributed by atoms with van der Waals surface area (Å²) in [6, 6.07) is 15.2. The number of thiocarbonyl (C=S) groups is 1. The minimum Gasteiger partial charge on any atom is -0.502 e. The summed E-state index contributed by atoms with van der Waals surface area (Å²) < 4.78 is 28.9. The fraction of sp³-hybridized carbons (Fsp3) is 0.0476. The minimum absolute atomic E-state index is 0.123. The Morgan fingerprint density at radius 2 is 1.70 bits per heavy atom. The molecule has 3 nitrogen and oxygen atoms in total. The predicted octanol–water partition coefficient (Wildman–Crippen LogP) is 4.88. The van der Waals surface area contributed by atoms with E-state index in [4.69, 9.17) is 12.2 Å². The molecule has 2 N–H and O–H groups in total. The lowest BCUT2D eigenvalue weighted by molar-refractivity contribution is -0.576.